The van der Waals surface area contributed by atoms with E-state index < -0.39 is 35.5 Å². The highest BCUT2D eigenvalue weighted by molar-refractivity contribution is 6.33. The van der Waals surface area contributed by atoms with Crippen LogP contribution in [0.25, 0.3) is 0 Å². The van der Waals surface area contributed by atoms with Gasteiger partial charge in [-0.2, -0.15) is 20.5 Å². The van der Waals surface area contributed by atoms with E-state index in [1.165, 1.54) is 13.8 Å². The Balaban J connectivity index is 1.78. The van der Waals surface area contributed by atoms with Gasteiger partial charge in [-0.25, -0.2) is 0 Å². The number of amides is 2. The largest absolute Gasteiger partial charge is 0.324 e. The summed E-state index contributed by atoms with van der Waals surface area (Å²) in [5.41, 5.74) is 4.44. The van der Waals surface area contributed by atoms with Gasteiger partial charge in [0.2, 0.25) is 12.1 Å². The Kier molecular flexibility index (Phi) is 10.8. The van der Waals surface area contributed by atoms with Crippen LogP contribution in [-0.4, -0.2) is 35.5 Å². The molecule has 3 aromatic rings. The third-order valence-corrected chi connectivity index (χ3v) is 6.76. The minimum atomic E-state index is -1.40. The number of halogens is 2. The van der Waals surface area contributed by atoms with Crippen LogP contribution in [-0.2, 0) is 19.2 Å². The van der Waals surface area contributed by atoms with Crippen LogP contribution in [0.3, 0.4) is 0 Å². The molecule has 0 heterocycles. The van der Waals surface area contributed by atoms with Crippen LogP contribution < -0.4 is 10.6 Å². The number of azo groups is 2. The second kappa shape index (κ2) is 14.1. The van der Waals surface area contributed by atoms with Gasteiger partial charge in [-0.1, -0.05) is 35.3 Å². The number of aryl methyl sites for hydroxylation is 4. The smallest absolute Gasteiger partial charge is 0.258 e. The van der Waals surface area contributed by atoms with Gasteiger partial charge in [0.25, 0.3) is 11.8 Å². The molecule has 0 saturated carbocycles. The maximum Gasteiger partial charge on any atom is 0.258 e. The van der Waals surface area contributed by atoms with Crippen LogP contribution in [0.15, 0.2) is 69.0 Å². The SMILES string of the molecule is CC(=O)C(N=Nc1cc(C)ccc1Cl)C(=O)Nc1cc(C)c(NC(=O)C(N=Nc2cc(C)ccc2Cl)C(C)=O)cc1C. The zero-order valence-electron chi connectivity index (χ0n) is 24.0. The van der Waals surface area contributed by atoms with Crippen molar-refractivity contribution in [3.63, 3.8) is 0 Å². The van der Waals surface area contributed by atoms with Crippen LogP contribution >= 0.6 is 23.2 Å². The molecule has 0 bridgehead atoms. The molecule has 0 radical (unpaired) electrons. The van der Waals surface area contributed by atoms with Gasteiger partial charge >= 0.3 is 0 Å². The van der Waals surface area contributed by atoms with E-state index in [-0.39, 0.29) is 0 Å². The van der Waals surface area contributed by atoms with E-state index in [1.807, 2.05) is 13.8 Å². The lowest BCUT2D eigenvalue weighted by Gasteiger charge is -2.16. The highest BCUT2D eigenvalue weighted by Gasteiger charge is 2.26. The molecule has 0 aliphatic carbocycles. The Bertz CT molecular complexity index is 1500. The lowest BCUT2D eigenvalue weighted by atomic mass is 10.1. The molecule has 10 nitrogen and oxygen atoms in total. The molecule has 0 fully saturated rings. The average Bonchev–Trinajstić information content (AvgIpc) is 2.90. The maximum atomic E-state index is 13.0. The molecule has 0 aliphatic heterocycles. The number of carbonyl (C=O) groups is 4. The molecule has 0 aromatic heterocycles. The van der Waals surface area contributed by atoms with Gasteiger partial charge in [-0.3, -0.25) is 19.2 Å². The molecule has 12 heteroatoms. The minimum absolute atomic E-state index is 0.337. The number of ketones is 2. The molecule has 42 heavy (non-hydrogen) atoms. The summed E-state index contributed by atoms with van der Waals surface area (Å²) in [6, 6.07) is 10.8. The number of nitrogens with one attached hydrogen (secondary N) is 2. The van der Waals surface area contributed by atoms with Crippen molar-refractivity contribution in [3.8, 4) is 0 Å². The van der Waals surface area contributed by atoms with Crippen molar-refractivity contribution in [2.24, 2.45) is 20.5 Å². The van der Waals surface area contributed by atoms with Crippen LogP contribution in [0, 0.1) is 27.7 Å². The van der Waals surface area contributed by atoms with Crippen molar-refractivity contribution < 1.29 is 19.2 Å². The third-order valence-electron chi connectivity index (χ3n) is 6.12. The fraction of sp³-hybridized carbons (Fsp3) is 0.267. The average molecular weight is 610 g/mol. The van der Waals surface area contributed by atoms with Crippen molar-refractivity contribution in [2.75, 3.05) is 10.6 Å². The van der Waals surface area contributed by atoms with E-state index in [4.69, 9.17) is 23.2 Å². The van der Waals surface area contributed by atoms with E-state index in [9.17, 15) is 19.2 Å². The Hall–Kier alpha value is -4.28. The first-order valence-electron chi connectivity index (χ1n) is 12.8. The standard InChI is InChI=1S/C30H30Cl2N6O4/c1-15-7-9-21(31)25(11-15)35-37-27(19(5)39)29(41)33-23-13-18(4)24(14-17(23)3)34-30(42)28(20(6)40)38-36-26-12-16(2)8-10-22(26)32/h7-14,27-28H,1-6H3,(H,33,41)(H,34,42). The Morgan fingerprint density at radius 2 is 0.976 bits per heavy atom. The van der Waals surface area contributed by atoms with Crippen LogP contribution in [0.4, 0.5) is 22.7 Å². The number of Topliss-reactive ketones (excluding diaryl/α,β-unsaturated/α-hetero) is 2. The molecule has 2 unspecified atom stereocenters. The molecule has 3 rings (SSSR count). The quantitative estimate of drug-likeness (QED) is 0.180. The van der Waals surface area contributed by atoms with E-state index in [0.717, 1.165) is 11.1 Å². The number of nitrogens with zero attached hydrogens (tertiary/aromatic N) is 4. The first kappa shape index (κ1) is 32.2. The molecule has 2 N–H and O–H groups in total. The second-order valence-corrected chi connectivity index (χ2v) is 10.6. The van der Waals surface area contributed by atoms with Crippen LogP contribution in [0.2, 0.25) is 10.0 Å². The molecule has 0 aliphatic rings. The van der Waals surface area contributed by atoms with Gasteiger partial charge in [-0.05, 0) is 100 Å². The van der Waals surface area contributed by atoms with Gasteiger partial charge < -0.3 is 10.6 Å². The molecule has 0 saturated heterocycles. The number of hydrogen-bond acceptors (Lipinski definition) is 8. The summed E-state index contributed by atoms with van der Waals surface area (Å²) in [5.74, 6) is -2.37. The monoisotopic (exact) mass is 608 g/mol. The summed E-state index contributed by atoms with van der Waals surface area (Å²) in [5, 5.41) is 22.0. The number of rotatable bonds is 10. The normalized spacial score (nSPS) is 12.8. The lowest BCUT2D eigenvalue weighted by Crippen LogP contribution is -2.32. The van der Waals surface area contributed by atoms with Crippen LogP contribution in [0.1, 0.15) is 36.1 Å². The summed E-state index contributed by atoms with van der Waals surface area (Å²) in [6.45, 7) is 9.62. The molecule has 2 atom stereocenters. The Morgan fingerprint density at radius 3 is 1.31 bits per heavy atom. The first-order valence-corrected chi connectivity index (χ1v) is 13.6. The summed E-state index contributed by atoms with van der Waals surface area (Å²) >= 11 is 12.3. The minimum Gasteiger partial charge on any atom is -0.324 e. The molecule has 3 aromatic carbocycles. The van der Waals surface area contributed by atoms with Gasteiger partial charge in [0.15, 0.2) is 11.6 Å². The topological polar surface area (TPSA) is 142 Å². The van der Waals surface area contributed by atoms with E-state index in [1.54, 1.807) is 62.4 Å². The molecular formula is C30H30Cl2N6O4. The molecule has 2 amide bonds. The fourth-order valence-electron chi connectivity index (χ4n) is 3.76. The Labute approximate surface area is 253 Å². The van der Waals surface area contributed by atoms with Crippen LogP contribution in [0.5, 0.6) is 0 Å². The van der Waals surface area contributed by atoms with Gasteiger partial charge in [0.05, 0.1) is 10.0 Å². The van der Waals surface area contributed by atoms with Crippen molar-refractivity contribution >= 4 is 69.3 Å². The summed E-state index contributed by atoms with van der Waals surface area (Å²) in [7, 11) is 0. The predicted octanol–water partition coefficient (Wildman–Crippen LogP) is 7.59. The first-order chi connectivity index (χ1) is 19.8. The zero-order chi connectivity index (χ0) is 31.1. The number of benzene rings is 3. The van der Waals surface area contributed by atoms with Gasteiger partial charge in [0, 0.05) is 11.4 Å². The Morgan fingerprint density at radius 1 is 0.619 bits per heavy atom. The summed E-state index contributed by atoms with van der Waals surface area (Å²) in [4.78, 5) is 50.4. The van der Waals surface area contributed by atoms with Gasteiger partial charge in [-0.15, -0.1) is 0 Å². The summed E-state index contributed by atoms with van der Waals surface area (Å²) in [6.07, 6.45) is 0. The van der Waals surface area contributed by atoms with E-state index >= 15 is 0 Å². The van der Waals surface area contributed by atoms with Crippen molar-refractivity contribution in [1.82, 2.24) is 0 Å². The molecule has 0 spiro atoms. The number of carbonyl (C=O) groups excluding carboxylic acids is 4. The fourth-order valence-corrected chi connectivity index (χ4v) is 4.07. The maximum absolute atomic E-state index is 13.0. The van der Waals surface area contributed by atoms with E-state index in [0.29, 0.717) is 43.9 Å². The van der Waals surface area contributed by atoms with Gasteiger partial charge in [0.1, 0.15) is 11.4 Å². The zero-order valence-corrected chi connectivity index (χ0v) is 25.5. The van der Waals surface area contributed by atoms with Crippen molar-refractivity contribution in [1.29, 1.82) is 0 Å². The highest BCUT2D eigenvalue weighted by atomic mass is 35.5. The third kappa shape index (κ3) is 8.37. The summed E-state index contributed by atoms with van der Waals surface area (Å²) < 4.78 is 0. The second-order valence-electron chi connectivity index (χ2n) is 9.83. The lowest BCUT2D eigenvalue weighted by molar-refractivity contribution is -0.127. The van der Waals surface area contributed by atoms with E-state index in [2.05, 4.69) is 31.1 Å². The predicted molar refractivity (Wildman–Crippen MR) is 164 cm³/mol. The highest BCUT2D eigenvalue weighted by Crippen LogP contribution is 2.29. The number of hydrogen-bond donors (Lipinski definition) is 2. The molecular weight excluding hydrogens is 579 g/mol. The van der Waals surface area contributed by atoms with Crippen molar-refractivity contribution in [3.05, 3.63) is 80.8 Å². The van der Waals surface area contributed by atoms with Crippen molar-refractivity contribution in [2.45, 2.75) is 53.6 Å². The molecule has 218 valence electrons. The number of anilines is 2.